The van der Waals surface area contributed by atoms with Gasteiger partial charge in [0.25, 0.3) is 0 Å². The Kier molecular flexibility index (Phi) is 5.83. The molecule has 1 saturated heterocycles. The molecule has 0 spiro atoms. The van der Waals surface area contributed by atoms with Crippen molar-refractivity contribution in [1.82, 2.24) is 10.6 Å². The average molecular weight is 282 g/mol. The third-order valence-corrected chi connectivity index (χ3v) is 4.36. The molecule has 20 heavy (non-hydrogen) atoms. The predicted molar refractivity (Wildman–Crippen MR) is 76.1 cm³/mol. The summed E-state index contributed by atoms with van der Waals surface area (Å²) in [7, 11) is 0. The summed E-state index contributed by atoms with van der Waals surface area (Å²) in [5.74, 6) is 0.247. The van der Waals surface area contributed by atoms with Crippen LogP contribution in [0.5, 0.6) is 0 Å². The molecule has 2 N–H and O–H groups in total. The highest BCUT2D eigenvalue weighted by Gasteiger charge is 2.29. The van der Waals surface area contributed by atoms with Crippen LogP contribution >= 0.6 is 0 Å². The van der Waals surface area contributed by atoms with Crippen LogP contribution in [0.25, 0.3) is 0 Å². The molecule has 1 atom stereocenters. The molecule has 1 heterocycles. The maximum Gasteiger partial charge on any atom is 0.308 e. The maximum atomic E-state index is 12.1. The molecule has 1 aliphatic carbocycles. The van der Waals surface area contributed by atoms with E-state index in [4.69, 9.17) is 4.74 Å². The van der Waals surface area contributed by atoms with Gasteiger partial charge in [-0.05, 0) is 52.0 Å². The summed E-state index contributed by atoms with van der Waals surface area (Å²) in [6.45, 7) is 4.10. The van der Waals surface area contributed by atoms with Crippen LogP contribution in [-0.2, 0) is 14.3 Å². The largest absolute Gasteiger partial charge is 0.466 e. The van der Waals surface area contributed by atoms with Crippen molar-refractivity contribution >= 4 is 11.9 Å². The fourth-order valence-corrected chi connectivity index (χ4v) is 3.13. The summed E-state index contributed by atoms with van der Waals surface area (Å²) in [6.07, 6.45) is 5.48. The van der Waals surface area contributed by atoms with Gasteiger partial charge in [0.1, 0.15) is 0 Å². The smallest absolute Gasteiger partial charge is 0.308 e. The van der Waals surface area contributed by atoms with Gasteiger partial charge in [0.15, 0.2) is 0 Å². The van der Waals surface area contributed by atoms with E-state index in [2.05, 4.69) is 10.6 Å². The Morgan fingerprint density at radius 3 is 2.50 bits per heavy atom. The fourth-order valence-electron chi connectivity index (χ4n) is 3.13. The molecule has 0 radical (unpaired) electrons. The third kappa shape index (κ3) is 4.20. The Balaban J connectivity index is 1.71. The predicted octanol–water partition coefficient (Wildman–Crippen LogP) is 1.22. The van der Waals surface area contributed by atoms with Crippen molar-refractivity contribution in [1.29, 1.82) is 0 Å². The number of esters is 1. The Morgan fingerprint density at radius 2 is 1.90 bits per heavy atom. The minimum Gasteiger partial charge on any atom is -0.466 e. The van der Waals surface area contributed by atoms with E-state index >= 15 is 0 Å². The Labute approximate surface area is 120 Å². The first-order chi connectivity index (χ1) is 9.70. The molecule has 1 saturated carbocycles. The van der Waals surface area contributed by atoms with Gasteiger partial charge in [-0.1, -0.05) is 0 Å². The van der Waals surface area contributed by atoms with Crippen LogP contribution in [0.1, 0.15) is 45.4 Å². The monoisotopic (exact) mass is 282 g/mol. The lowest BCUT2D eigenvalue weighted by molar-refractivity contribution is -0.149. The van der Waals surface area contributed by atoms with Crippen LogP contribution in [0.2, 0.25) is 0 Å². The second-order valence-corrected chi connectivity index (χ2v) is 5.85. The van der Waals surface area contributed by atoms with E-state index in [1.54, 1.807) is 0 Å². The van der Waals surface area contributed by atoms with Crippen LogP contribution < -0.4 is 10.6 Å². The van der Waals surface area contributed by atoms with E-state index in [1.165, 1.54) is 0 Å². The molecule has 0 aromatic heterocycles. The number of hydrogen-bond donors (Lipinski definition) is 2. The normalized spacial score (nSPS) is 30.6. The molecule has 1 amide bonds. The summed E-state index contributed by atoms with van der Waals surface area (Å²) in [5, 5.41) is 6.42. The van der Waals surface area contributed by atoms with Crippen molar-refractivity contribution in [2.24, 2.45) is 11.8 Å². The molecule has 2 fully saturated rings. The highest BCUT2D eigenvalue weighted by Crippen LogP contribution is 2.25. The van der Waals surface area contributed by atoms with E-state index in [-0.39, 0.29) is 29.8 Å². The number of rotatable bonds is 4. The molecular weight excluding hydrogens is 256 g/mol. The fraction of sp³-hybridized carbons (Fsp3) is 0.867. The Bertz CT molecular complexity index is 332. The zero-order valence-corrected chi connectivity index (χ0v) is 12.3. The van der Waals surface area contributed by atoms with Gasteiger partial charge < -0.3 is 15.4 Å². The molecule has 5 heteroatoms. The molecule has 0 aromatic carbocycles. The number of piperidine rings is 1. The molecule has 114 valence electrons. The Morgan fingerprint density at radius 1 is 1.15 bits per heavy atom. The first kappa shape index (κ1) is 15.3. The number of ether oxygens (including phenoxy) is 1. The summed E-state index contributed by atoms with van der Waals surface area (Å²) >= 11 is 0. The summed E-state index contributed by atoms with van der Waals surface area (Å²) in [4.78, 5) is 23.8. The van der Waals surface area contributed by atoms with Crippen molar-refractivity contribution in [2.75, 3.05) is 19.7 Å². The van der Waals surface area contributed by atoms with Crippen molar-refractivity contribution in [2.45, 2.75) is 51.5 Å². The van der Waals surface area contributed by atoms with E-state index in [0.29, 0.717) is 6.61 Å². The number of amides is 1. The molecule has 0 unspecified atom stereocenters. The first-order valence-corrected chi connectivity index (χ1v) is 7.88. The molecular formula is C15H26N2O3. The Hall–Kier alpha value is -1.10. The zero-order chi connectivity index (χ0) is 14.4. The lowest BCUT2D eigenvalue weighted by Gasteiger charge is -2.30. The lowest BCUT2D eigenvalue weighted by atomic mass is 9.85. The van der Waals surface area contributed by atoms with Gasteiger partial charge in [-0.25, -0.2) is 0 Å². The highest BCUT2D eigenvalue weighted by molar-refractivity contribution is 5.79. The molecule has 0 bridgehead atoms. The zero-order valence-electron chi connectivity index (χ0n) is 12.3. The van der Waals surface area contributed by atoms with Crippen LogP contribution in [0.3, 0.4) is 0 Å². The van der Waals surface area contributed by atoms with Crippen LogP contribution in [0.15, 0.2) is 0 Å². The van der Waals surface area contributed by atoms with E-state index in [1.807, 2.05) is 6.92 Å². The van der Waals surface area contributed by atoms with Gasteiger partial charge in [-0.3, -0.25) is 9.59 Å². The van der Waals surface area contributed by atoms with Gasteiger partial charge >= 0.3 is 5.97 Å². The highest BCUT2D eigenvalue weighted by atomic mass is 16.5. The van der Waals surface area contributed by atoms with E-state index < -0.39 is 0 Å². The minimum atomic E-state index is -0.0752. The molecule has 2 rings (SSSR count). The van der Waals surface area contributed by atoms with Crippen molar-refractivity contribution in [3.63, 3.8) is 0 Å². The topological polar surface area (TPSA) is 67.4 Å². The van der Waals surface area contributed by atoms with Crippen LogP contribution in [0.4, 0.5) is 0 Å². The van der Waals surface area contributed by atoms with Gasteiger partial charge in [-0.2, -0.15) is 0 Å². The van der Waals surface area contributed by atoms with E-state index in [0.717, 1.165) is 51.6 Å². The van der Waals surface area contributed by atoms with Gasteiger partial charge in [-0.15, -0.1) is 0 Å². The second-order valence-electron chi connectivity index (χ2n) is 5.85. The average Bonchev–Trinajstić information content (AvgIpc) is 2.49. The van der Waals surface area contributed by atoms with Crippen molar-refractivity contribution in [3.05, 3.63) is 0 Å². The maximum absolute atomic E-state index is 12.1. The first-order valence-electron chi connectivity index (χ1n) is 7.88. The van der Waals surface area contributed by atoms with E-state index in [9.17, 15) is 9.59 Å². The number of hydrogen-bond acceptors (Lipinski definition) is 4. The van der Waals surface area contributed by atoms with Gasteiger partial charge in [0.05, 0.1) is 18.4 Å². The third-order valence-electron chi connectivity index (χ3n) is 4.36. The minimum absolute atomic E-state index is 0.0273. The lowest BCUT2D eigenvalue weighted by Crippen LogP contribution is -2.45. The van der Waals surface area contributed by atoms with Crippen molar-refractivity contribution in [3.8, 4) is 0 Å². The molecule has 5 nitrogen and oxygen atoms in total. The van der Waals surface area contributed by atoms with Gasteiger partial charge in [0, 0.05) is 12.6 Å². The van der Waals surface area contributed by atoms with Crippen LogP contribution in [0, 0.1) is 11.8 Å². The quantitative estimate of drug-likeness (QED) is 0.761. The molecule has 0 aromatic rings. The summed E-state index contributed by atoms with van der Waals surface area (Å²) in [5.41, 5.74) is 0. The van der Waals surface area contributed by atoms with Gasteiger partial charge in [0.2, 0.25) is 5.91 Å². The molecule has 2 aliphatic rings. The van der Waals surface area contributed by atoms with Crippen molar-refractivity contribution < 1.29 is 14.3 Å². The summed E-state index contributed by atoms with van der Waals surface area (Å²) < 4.78 is 5.06. The molecule has 1 aliphatic heterocycles. The second kappa shape index (κ2) is 7.62. The standard InChI is InChI=1S/C15H26N2O3/c1-2-20-15(19)11-5-7-13(8-6-11)17-14(18)12-4-3-9-16-10-12/h11-13,16H,2-10H2,1H3,(H,17,18)/t11?,12-,13?/m1/s1. The SMILES string of the molecule is CCOC(=O)C1CCC(NC(=O)[C@@H]2CCCNC2)CC1. The van der Waals surface area contributed by atoms with Crippen LogP contribution in [-0.4, -0.2) is 37.6 Å². The summed E-state index contributed by atoms with van der Waals surface area (Å²) in [6, 6.07) is 0.232. The number of carbonyl (C=O) groups excluding carboxylic acids is 2. The number of nitrogens with one attached hydrogen (secondary N) is 2. The number of carbonyl (C=O) groups is 2.